The number of benzene rings is 1. The van der Waals surface area contributed by atoms with Crippen molar-refractivity contribution in [2.45, 2.75) is 31.5 Å². The molecule has 3 rings (SSSR count). The van der Waals surface area contributed by atoms with E-state index >= 15 is 0 Å². The van der Waals surface area contributed by atoms with E-state index in [9.17, 15) is 9.59 Å². The fraction of sp³-hybridized carbons (Fsp3) is 0.450. The van der Waals surface area contributed by atoms with Gasteiger partial charge in [0.15, 0.2) is 16.7 Å². The number of hydrogen-bond acceptors (Lipinski definition) is 7. The monoisotopic (exact) mass is 418 g/mol. The van der Waals surface area contributed by atoms with Crippen LogP contribution in [0, 0.1) is 0 Å². The van der Waals surface area contributed by atoms with Crippen LogP contribution in [0.3, 0.4) is 0 Å². The topological polar surface area (TPSA) is 96.6 Å². The maximum atomic E-state index is 12.4. The Bertz CT molecular complexity index is 931. The Kier molecular flexibility index (Phi) is 7.16. The lowest BCUT2D eigenvalue weighted by Gasteiger charge is -2.27. The Morgan fingerprint density at radius 3 is 2.83 bits per heavy atom. The lowest BCUT2D eigenvalue weighted by Crippen LogP contribution is -2.36. The molecular formula is C20H26N4O4S. The first kappa shape index (κ1) is 21.2. The molecule has 9 heteroatoms. The number of hydrogen-bond donors (Lipinski definition) is 2. The van der Waals surface area contributed by atoms with Crippen LogP contribution in [0.4, 0.5) is 5.69 Å². The Morgan fingerprint density at radius 2 is 2.10 bits per heavy atom. The summed E-state index contributed by atoms with van der Waals surface area (Å²) in [4.78, 5) is 34.4. The van der Waals surface area contributed by atoms with Crippen LogP contribution in [0.1, 0.15) is 24.6 Å². The summed E-state index contributed by atoms with van der Waals surface area (Å²) in [6, 6.07) is 5.17. The van der Waals surface area contributed by atoms with Crippen LogP contribution in [-0.2, 0) is 17.8 Å². The van der Waals surface area contributed by atoms with Gasteiger partial charge in [-0.3, -0.25) is 14.5 Å². The van der Waals surface area contributed by atoms with E-state index in [1.807, 2.05) is 0 Å². The van der Waals surface area contributed by atoms with Crippen molar-refractivity contribution in [2.75, 3.05) is 38.4 Å². The number of fused-ring (bicyclic) bond motifs is 1. The number of nitrogens with zero attached hydrogens (tertiary/aromatic N) is 2. The number of amides is 1. The largest absolute Gasteiger partial charge is 0.493 e. The van der Waals surface area contributed by atoms with Gasteiger partial charge < -0.3 is 19.8 Å². The number of aromatic amines is 1. The normalized spacial score (nSPS) is 13.6. The van der Waals surface area contributed by atoms with Crippen LogP contribution in [0.2, 0.25) is 0 Å². The minimum Gasteiger partial charge on any atom is -0.493 e. The highest BCUT2D eigenvalue weighted by Crippen LogP contribution is 2.29. The lowest BCUT2D eigenvalue weighted by atomic mass is 10.1. The maximum absolute atomic E-state index is 12.4. The molecular weight excluding hydrogens is 392 g/mol. The zero-order valence-corrected chi connectivity index (χ0v) is 17.7. The molecule has 0 saturated heterocycles. The molecule has 0 radical (unpaired) electrons. The fourth-order valence-electron chi connectivity index (χ4n) is 3.28. The second-order valence-electron chi connectivity index (χ2n) is 6.73. The summed E-state index contributed by atoms with van der Waals surface area (Å²) in [5.41, 5.74) is 2.07. The number of thioether (sulfide) groups is 1. The molecule has 29 heavy (non-hydrogen) atoms. The minimum atomic E-state index is -0.197. The third-order valence-corrected chi connectivity index (χ3v) is 5.55. The van der Waals surface area contributed by atoms with Crippen molar-refractivity contribution < 1.29 is 14.3 Å². The lowest BCUT2D eigenvalue weighted by molar-refractivity contribution is -0.113. The number of H-pyrrole nitrogens is 1. The predicted octanol–water partition coefficient (Wildman–Crippen LogP) is 2.29. The van der Waals surface area contributed by atoms with Gasteiger partial charge in [0, 0.05) is 31.3 Å². The van der Waals surface area contributed by atoms with Gasteiger partial charge in [0.1, 0.15) is 0 Å². The Hall–Kier alpha value is -2.52. The standard InChI is InChI=1S/C20H26N4O4S/c1-4-8-24-9-7-15-14(11-24)19(26)23-20(22-15)29-12-18(25)21-13-5-6-16(27-2)17(10-13)28-3/h5-6,10H,4,7-9,11-12H2,1-3H3,(H,21,25)(H,22,23,26). The molecule has 1 aromatic carbocycles. The van der Waals surface area contributed by atoms with Gasteiger partial charge in [-0.25, -0.2) is 4.98 Å². The molecule has 1 aliphatic rings. The zero-order valence-electron chi connectivity index (χ0n) is 16.9. The van der Waals surface area contributed by atoms with E-state index in [4.69, 9.17) is 9.47 Å². The van der Waals surface area contributed by atoms with Crippen LogP contribution in [0.5, 0.6) is 11.5 Å². The molecule has 2 N–H and O–H groups in total. The van der Waals surface area contributed by atoms with Crippen LogP contribution < -0.4 is 20.3 Å². The molecule has 0 saturated carbocycles. The van der Waals surface area contributed by atoms with Crippen molar-refractivity contribution >= 4 is 23.4 Å². The van der Waals surface area contributed by atoms with Crippen LogP contribution in [0.15, 0.2) is 28.2 Å². The average molecular weight is 419 g/mol. The molecule has 0 aliphatic carbocycles. The van der Waals surface area contributed by atoms with Crippen LogP contribution >= 0.6 is 11.8 Å². The number of carbonyl (C=O) groups excluding carboxylic acids is 1. The van der Waals surface area contributed by atoms with E-state index in [0.717, 1.165) is 37.2 Å². The van der Waals surface area contributed by atoms with Gasteiger partial charge in [-0.15, -0.1) is 0 Å². The quantitative estimate of drug-likeness (QED) is 0.501. The molecule has 1 aliphatic heterocycles. The summed E-state index contributed by atoms with van der Waals surface area (Å²) < 4.78 is 10.4. The van der Waals surface area contributed by atoms with Crippen molar-refractivity contribution in [3.05, 3.63) is 39.8 Å². The Balaban J connectivity index is 1.61. The highest BCUT2D eigenvalue weighted by atomic mass is 32.2. The van der Waals surface area contributed by atoms with Gasteiger partial charge in [0.05, 0.1) is 31.2 Å². The molecule has 0 atom stereocenters. The number of ether oxygens (including phenoxy) is 2. The summed E-state index contributed by atoms with van der Waals surface area (Å²) in [6.07, 6.45) is 1.81. The SMILES string of the molecule is CCCN1CCc2nc(SCC(=O)Nc3ccc(OC)c(OC)c3)[nH]c(=O)c2C1. The average Bonchev–Trinajstić information content (AvgIpc) is 2.73. The van der Waals surface area contributed by atoms with Crippen LogP contribution in [0.25, 0.3) is 0 Å². The van der Waals surface area contributed by atoms with Gasteiger partial charge in [-0.05, 0) is 25.1 Å². The van der Waals surface area contributed by atoms with Gasteiger partial charge in [-0.2, -0.15) is 0 Å². The molecule has 0 spiro atoms. The Labute approximate surface area is 174 Å². The number of nitrogens with one attached hydrogen (secondary N) is 2. The molecule has 2 heterocycles. The molecule has 1 amide bonds. The first-order chi connectivity index (χ1) is 14.0. The van der Waals surface area contributed by atoms with Crippen molar-refractivity contribution in [3.63, 3.8) is 0 Å². The summed E-state index contributed by atoms with van der Waals surface area (Å²) in [6.45, 7) is 4.65. The fourth-order valence-corrected chi connectivity index (χ4v) is 3.96. The van der Waals surface area contributed by atoms with Gasteiger partial charge in [0.25, 0.3) is 5.56 Å². The third kappa shape index (κ3) is 5.30. The molecule has 8 nitrogen and oxygen atoms in total. The summed E-state index contributed by atoms with van der Waals surface area (Å²) in [5.74, 6) is 1.07. The summed E-state index contributed by atoms with van der Waals surface area (Å²) in [5, 5.41) is 3.29. The van der Waals surface area contributed by atoms with E-state index in [-0.39, 0.29) is 17.2 Å². The first-order valence-corrected chi connectivity index (χ1v) is 10.5. The van der Waals surface area contributed by atoms with Crippen molar-refractivity contribution in [1.29, 1.82) is 0 Å². The van der Waals surface area contributed by atoms with E-state index in [1.165, 1.54) is 11.8 Å². The number of anilines is 1. The Morgan fingerprint density at radius 1 is 1.31 bits per heavy atom. The molecule has 156 valence electrons. The van der Waals surface area contributed by atoms with E-state index in [2.05, 4.69) is 27.1 Å². The maximum Gasteiger partial charge on any atom is 0.256 e. The number of carbonyl (C=O) groups is 1. The van der Waals surface area contributed by atoms with Crippen molar-refractivity contribution in [1.82, 2.24) is 14.9 Å². The van der Waals surface area contributed by atoms with Crippen molar-refractivity contribution in [3.8, 4) is 11.5 Å². The number of aromatic nitrogens is 2. The van der Waals surface area contributed by atoms with Gasteiger partial charge >= 0.3 is 0 Å². The van der Waals surface area contributed by atoms with Crippen molar-refractivity contribution in [2.24, 2.45) is 0 Å². The molecule has 1 aromatic heterocycles. The summed E-state index contributed by atoms with van der Waals surface area (Å²) in [7, 11) is 3.10. The number of methoxy groups -OCH3 is 2. The number of rotatable bonds is 8. The second kappa shape index (κ2) is 9.80. The smallest absolute Gasteiger partial charge is 0.256 e. The molecule has 0 fully saturated rings. The van der Waals surface area contributed by atoms with Gasteiger partial charge in [-0.1, -0.05) is 18.7 Å². The molecule has 0 unspecified atom stereocenters. The molecule has 0 bridgehead atoms. The van der Waals surface area contributed by atoms with Gasteiger partial charge in [0.2, 0.25) is 5.91 Å². The van der Waals surface area contributed by atoms with E-state index < -0.39 is 0 Å². The second-order valence-corrected chi connectivity index (χ2v) is 7.69. The van der Waals surface area contributed by atoms with E-state index in [0.29, 0.717) is 28.9 Å². The highest BCUT2D eigenvalue weighted by molar-refractivity contribution is 7.99. The summed E-state index contributed by atoms with van der Waals surface area (Å²) >= 11 is 1.22. The predicted molar refractivity (Wildman–Crippen MR) is 113 cm³/mol. The van der Waals surface area contributed by atoms with E-state index in [1.54, 1.807) is 32.4 Å². The zero-order chi connectivity index (χ0) is 20.8. The first-order valence-electron chi connectivity index (χ1n) is 9.53. The highest BCUT2D eigenvalue weighted by Gasteiger charge is 2.21. The third-order valence-electron chi connectivity index (χ3n) is 4.67. The minimum absolute atomic E-state index is 0.112. The molecule has 2 aromatic rings. The van der Waals surface area contributed by atoms with Crippen LogP contribution in [-0.4, -0.2) is 53.8 Å².